The average Bonchev–Trinajstić information content (AvgIpc) is 2.52. The van der Waals surface area contributed by atoms with E-state index in [9.17, 15) is 0 Å². The van der Waals surface area contributed by atoms with Crippen molar-refractivity contribution in [3.8, 4) is 0 Å². The van der Waals surface area contributed by atoms with E-state index >= 15 is 0 Å². The SMILES string of the molecule is CN(C)C/C1=N/c2ccccc2/C(CN(C)C)=N\c2ccccc21. The minimum atomic E-state index is 0.782. The number of likely N-dealkylation sites (N-methyl/N-ethyl adjacent to an activating group) is 2. The number of nitrogens with zero attached hydrogens (tertiary/aromatic N) is 4. The van der Waals surface area contributed by atoms with Gasteiger partial charge in [-0.15, -0.1) is 0 Å². The maximum absolute atomic E-state index is 5.01. The second-order valence-electron chi connectivity index (χ2n) is 6.63. The molecule has 2 aromatic carbocycles. The number of hydrogen-bond acceptors (Lipinski definition) is 4. The van der Waals surface area contributed by atoms with Gasteiger partial charge < -0.3 is 9.80 Å². The maximum atomic E-state index is 5.01. The highest BCUT2D eigenvalue weighted by molar-refractivity contribution is 6.14. The van der Waals surface area contributed by atoms with E-state index in [1.165, 1.54) is 0 Å². The molecule has 0 amide bonds. The highest BCUT2D eigenvalue weighted by atomic mass is 15.1. The molecule has 1 aliphatic rings. The van der Waals surface area contributed by atoms with Gasteiger partial charge in [0.1, 0.15) is 0 Å². The molecule has 2 aromatic rings. The van der Waals surface area contributed by atoms with E-state index in [-0.39, 0.29) is 0 Å². The summed E-state index contributed by atoms with van der Waals surface area (Å²) in [6, 6.07) is 16.6. The molecule has 4 heteroatoms. The molecule has 1 aliphatic heterocycles. The minimum Gasteiger partial charge on any atom is -0.304 e. The Morgan fingerprint density at radius 1 is 0.625 bits per heavy atom. The first kappa shape index (κ1) is 16.6. The van der Waals surface area contributed by atoms with Crippen LogP contribution in [0.25, 0.3) is 0 Å². The van der Waals surface area contributed by atoms with Crippen LogP contribution >= 0.6 is 0 Å². The predicted molar refractivity (Wildman–Crippen MR) is 102 cm³/mol. The van der Waals surface area contributed by atoms with Crippen LogP contribution in [0.1, 0.15) is 11.1 Å². The third-order valence-corrected chi connectivity index (χ3v) is 3.87. The number of rotatable bonds is 4. The van der Waals surface area contributed by atoms with Crippen molar-refractivity contribution in [2.45, 2.75) is 0 Å². The highest BCUT2D eigenvalue weighted by Crippen LogP contribution is 2.29. The second-order valence-corrected chi connectivity index (χ2v) is 6.63. The lowest BCUT2D eigenvalue weighted by Gasteiger charge is -2.20. The van der Waals surface area contributed by atoms with E-state index in [4.69, 9.17) is 9.98 Å². The van der Waals surface area contributed by atoms with Crippen molar-refractivity contribution in [3.63, 3.8) is 0 Å². The molecule has 0 saturated carbocycles. The zero-order valence-corrected chi connectivity index (χ0v) is 14.8. The average molecular weight is 320 g/mol. The van der Waals surface area contributed by atoms with Crippen LogP contribution in [0, 0.1) is 0 Å². The van der Waals surface area contributed by atoms with E-state index in [0.717, 1.165) is 47.0 Å². The van der Waals surface area contributed by atoms with Crippen molar-refractivity contribution >= 4 is 22.8 Å². The quantitative estimate of drug-likeness (QED) is 0.865. The van der Waals surface area contributed by atoms with Gasteiger partial charge in [-0.25, -0.2) is 0 Å². The Bertz CT molecular complexity index is 720. The first-order valence-electron chi connectivity index (χ1n) is 8.18. The smallest absolute Gasteiger partial charge is 0.0724 e. The first-order valence-corrected chi connectivity index (χ1v) is 8.18. The van der Waals surface area contributed by atoms with Crippen LogP contribution in [0.15, 0.2) is 58.5 Å². The summed E-state index contributed by atoms with van der Waals surface area (Å²) in [4.78, 5) is 14.3. The summed E-state index contributed by atoms with van der Waals surface area (Å²) >= 11 is 0. The van der Waals surface area contributed by atoms with Gasteiger partial charge in [0, 0.05) is 24.2 Å². The Hall–Kier alpha value is -2.30. The monoisotopic (exact) mass is 320 g/mol. The third kappa shape index (κ3) is 3.61. The van der Waals surface area contributed by atoms with Gasteiger partial charge in [0.2, 0.25) is 0 Å². The lowest BCUT2D eigenvalue weighted by Crippen LogP contribution is -2.25. The molecule has 0 unspecified atom stereocenters. The summed E-state index contributed by atoms with van der Waals surface area (Å²) in [6.45, 7) is 1.56. The fraction of sp³-hybridized carbons (Fsp3) is 0.300. The van der Waals surface area contributed by atoms with Crippen LogP contribution < -0.4 is 0 Å². The van der Waals surface area contributed by atoms with Crippen LogP contribution in [0.4, 0.5) is 11.4 Å². The number of benzene rings is 2. The van der Waals surface area contributed by atoms with Crippen LogP contribution in [0.3, 0.4) is 0 Å². The van der Waals surface area contributed by atoms with Crippen LogP contribution in [0.2, 0.25) is 0 Å². The van der Waals surface area contributed by atoms with E-state index in [2.05, 4.69) is 74.4 Å². The van der Waals surface area contributed by atoms with Crippen molar-refractivity contribution in [3.05, 3.63) is 59.7 Å². The summed E-state index contributed by atoms with van der Waals surface area (Å²) in [5, 5.41) is 0. The Morgan fingerprint density at radius 3 is 1.38 bits per heavy atom. The summed E-state index contributed by atoms with van der Waals surface area (Å²) < 4.78 is 0. The van der Waals surface area contributed by atoms with E-state index in [0.29, 0.717) is 0 Å². The fourth-order valence-electron chi connectivity index (χ4n) is 2.88. The van der Waals surface area contributed by atoms with E-state index in [1.54, 1.807) is 0 Å². The highest BCUT2D eigenvalue weighted by Gasteiger charge is 2.17. The van der Waals surface area contributed by atoms with E-state index < -0.39 is 0 Å². The molecule has 0 spiro atoms. The van der Waals surface area contributed by atoms with Crippen molar-refractivity contribution in [2.75, 3.05) is 41.3 Å². The van der Waals surface area contributed by atoms with Gasteiger partial charge in [0.25, 0.3) is 0 Å². The van der Waals surface area contributed by atoms with E-state index in [1.807, 2.05) is 12.1 Å². The summed E-state index contributed by atoms with van der Waals surface area (Å²) in [5.74, 6) is 0. The number of para-hydroxylation sites is 2. The summed E-state index contributed by atoms with van der Waals surface area (Å²) in [5.41, 5.74) is 6.30. The molecule has 0 atom stereocenters. The van der Waals surface area contributed by atoms with Gasteiger partial charge >= 0.3 is 0 Å². The molecule has 0 saturated heterocycles. The van der Waals surface area contributed by atoms with Crippen molar-refractivity contribution < 1.29 is 0 Å². The lowest BCUT2D eigenvalue weighted by atomic mass is 10.0. The standard InChI is InChI=1S/C20H24N4/c1-23(2)13-19-15-9-5-7-11-17(15)22-20(14-24(3)4)16-10-6-8-12-18(16)21-19/h5-12H,13-14H2,1-4H3/b19-15?,20-16?,21-18?,21-19-,22-17?,22-20-. The van der Waals surface area contributed by atoms with Gasteiger partial charge in [0.05, 0.1) is 22.8 Å². The van der Waals surface area contributed by atoms with Gasteiger partial charge in [-0.1, -0.05) is 36.4 Å². The second kappa shape index (κ2) is 7.07. The fourth-order valence-corrected chi connectivity index (χ4v) is 2.88. The largest absolute Gasteiger partial charge is 0.304 e. The zero-order valence-electron chi connectivity index (χ0n) is 14.8. The van der Waals surface area contributed by atoms with Crippen LogP contribution in [0.5, 0.6) is 0 Å². The molecule has 0 aromatic heterocycles. The van der Waals surface area contributed by atoms with Gasteiger partial charge in [-0.3, -0.25) is 9.98 Å². The molecule has 0 N–H and O–H groups in total. The third-order valence-electron chi connectivity index (χ3n) is 3.87. The molecule has 24 heavy (non-hydrogen) atoms. The lowest BCUT2D eigenvalue weighted by molar-refractivity contribution is 0.469. The molecular weight excluding hydrogens is 296 g/mol. The molecule has 3 rings (SSSR count). The molecule has 4 nitrogen and oxygen atoms in total. The van der Waals surface area contributed by atoms with Crippen LogP contribution in [-0.2, 0) is 0 Å². The first-order chi connectivity index (χ1) is 11.5. The van der Waals surface area contributed by atoms with Gasteiger partial charge in [0.15, 0.2) is 0 Å². The van der Waals surface area contributed by atoms with Gasteiger partial charge in [-0.2, -0.15) is 0 Å². The molecule has 0 radical (unpaired) electrons. The molecule has 0 aliphatic carbocycles. The Morgan fingerprint density at radius 2 is 1.00 bits per heavy atom. The number of aliphatic imine (C=N–C) groups is 2. The summed E-state index contributed by atoms with van der Waals surface area (Å²) in [6.07, 6.45) is 0. The Kier molecular flexibility index (Phi) is 4.88. The maximum Gasteiger partial charge on any atom is 0.0724 e. The normalized spacial score (nSPS) is 18.1. The summed E-state index contributed by atoms with van der Waals surface area (Å²) in [7, 11) is 8.26. The zero-order chi connectivity index (χ0) is 17.1. The van der Waals surface area contributed by atoms with Crippen molar-refractivity contribution in [1.82, 2.24) is 9.80 Å². The molecular formula is C20H24N4. The van der Waals surface area contributed by atoms with Gasteiger partial charge in [-0.05, 0) is 40.3 Å². The van der Waals surface area contributed by atoms with Crippen LogP contribution in [-0.4, -0.2) is 62.5 Å². The molecule has 0 fully saturated rings. The Balaban J connectivity index is 2.22. The molecule has 124 valence electrons. The predicted octanol–water partition coefficient (Wildman–Crippen LogP) is 3.36. The van der Waals surface area contributed by atoms with Crippen molar-refractivity contribution in [1.29, 1.82) is 0 Å². The molecule has 0 bridgehead atoms. The van der Waals surface area contributed by atoms with Crippen molar-refractivity contribution in [2.24, 2.45) is 9.98 Å². The number of hydrogen-bond donors (Lipinski definition) is 0. The topological polar surface area (TPSA) is 31.2 Å². The minimum absolute atomic E-state index is 0.782. The number of fused-ring (bicyclic) bond motifs is 2. The Labute approximate surface area is 144 Å². The molecule has 1 heterocycles.